The highest BCUT2D eigenvalue weighted by Crippen LogP contribution is 2.36. The van der Waals surface area contributed by atoms with Gasteiger partial charge in [-0.25, -0.2) is 0 Å². The van der Waals surface area contributed by atoms with Crippen molar-refractivity contribution in [2.75, 3.05) is 6.61 Å². The minimum Gasteiger partial charge on any atom is -0.465 e. The highest BCUT2D eigenvalue weighted by Gasteiger charge is 2.37. The molecule has 1 atom stereocenters. The van der Waals surface area contributed by atoms with Gasteiger partial charge in [-0.05, 0) is 13.0 Å². The van der Waals surface area contributed by atoms with Gasteiger partial charge in [0, 0.05) is 18.1 Å². The van der Waals surface area contributed by atoms with Gasteiger partial charge >= 0.3 is 12.1 Å². The first kappa shape index (κ1) is 16.9. The van der Waals surface area contributed by atoms with Crippen LogP contribution < -0.4 is 5.73 Å². The first-order chi connectivity index (χ1) is 9.68. The monoisotopic (exact) mass is 306 g/mol. The Bertz CT molecular complexity index is 546. The van der Waals surface area contributed by atoms with Crippen LogP contribution in [0.1, 0.15) is 18.1 Å². The van der Waals surface area contributed by atoms with Crippen molar-refractivity contribution in [2.45, 2.75) is 25.6 Å². The smallest absolute Gasteiger partial charge is 0.416 e. The topological polar surface area (TPSA) is 95.5 Å². The zero-order valence-corrected chi connectivity index (χ0v) is 11.0. The molecular formula is C12H13F3N2O4. The summed E-state index contributed by atoms with van der Waals surface area (Å²) in [6.45, 7) is 1.52. The summed E-state index contributed by atoms with van der Waals surface area (Å²) in [5, 5.41) is 10.9. The van der Waals surface area contributed by atoms with Gasteiger partial charge in [-0.1, -0.05) is 6.07 Å². The van der Waals surface area contributed by atoms with Gasteiger partial charge in [-0.3, -0.25) is 14.9 Å². The molecule has 9 heteroatoms. The van der Waals surface area contributed by atoms with E-state index in [0.717, 1.165) is 12.1 Å². The van der Waals surface area contributed by atoms with E-state index in [4.69, 9.17) is 5.73 Å². The van der Waals surface area contributed by atoms with Gasteiger partial charge in [0.1, 0.15) is 6.04 Å². The molecule has 1 aromatic carbocycles. The first-order valence-corrected chi connectivity index (χ1v) is 5.94. The molecular weight excluding hydrogens is 293 g/mol. The molecule has 0 spiro atoms. The second-order valence-corrected chi connectivity index (χ2v) is 4.12. The largest absolute Gasteiger partial charge is 0.465 e. The van der Waals surface area contributed by atoms with Crippen LogP contribution in [0.2, 0.25) is 0 Å². The van der Waals surface area contributed by atoms with Gasteiger partial charge < -0.3 is 10.5 Å². The lowest BCUT2D eigenvalue weighted by Gasteiger charge is -2.15. The molecule has 0 saturated heterocycles. The lowest BCUT2D eigenvalue weighted by Crippen LogP contribution is -2.35. The first-order valence-electron chi connectivity index (χ1n) is 5.94. The molecule has 6 nitrogen and oxygen atoms in total. The van der Waals surface area contributed by atoms with Gasteiger partial charge in [0.2, 0.25) is 0 Å². The van der Waals surface area contributed by atoms with Crippen LogP contribution in [0.15, 0.2) is 18.2 Å². The average molecular weight is 306 g/mol. The van der Waals surface area contributed by atoms with Crippen LogP contribution in [0.5, 0.6) is 0 Å². The molecule has 0 radical (unpaired) electrons. The summed E-state index contributed by atoms with van der Waals surface area (Å²) in [5.41, 5.74) is 2.91. The molecule has 116 valence electrons. The number of carbonyl (C=O) groups is 1. The van der Waals surface area contributed by atoms with Crippen LogP contribution in [0.25, 0.3) is 0 Å². The molecule has 0 bridgehead atoms. The molecule has 0 heterocycles. The molecule has 0 aliphatic rings. The van der Waals surface area contributed by atoms with E-state index in [9.17, 15) is 28.1 Å². The summed E-state index contributed by atoms with van der Waals surface area (Å²) in [6, 6.07) is 1.16. The number of hydrogen-bond acceptors (Lipinski definition) is 5. The molecule has 0 fully saturated rings. The Kier molecular flexibility index (Phi) is 5.25. The Morgan fingerprint density at radius 1 is 1.48 bits per heavy atom. The molecule has 1 rings (SSSR count). The second kappa shape index (κ2) is 6.53. The minimum absolute atomic E-state index is 0.00947. The molecule has 0 aliphatic carbocycles. The molecule has 2 N–H and O–H groups in total. The Balaban J connectivity index is 3.25. The van der Waals surface area contributed by atoms with E-state index >= 15 is 0 Å². The van der Waals surface area contributed by atoms with Crippen molar-refractivity contribution in [3.8, 4) is 0 Å². The number of esters is 1. The lowest BCUT2D eigenvalue weighted by molar-refractivity contribution is -0.385. The Hall–Kier alpha value is -2.16. The SMILES string of the molecule is CCOC(=O)C(N)Cc1c([N+](=O)[O-])cccc1C(F)(F)F. The van der Waals surface area contributed by atoms with Crippen molar-refractivity contribution in [2.24, 2.45) is 5.73 Å². The van der Waals surface area contributed by atoms with Crippen molar-refractivity contribution in [3.63, 3.8) is 0 Å². The van der Waals surface area contributed by atoms with Crippen LogP contribution in [0.3, 0.4) is 0 Å². The lowest BCUT2D eigenvalue weighted by atomic mass is 9.98. The summed E-state index contributed by atoms with van der Waals surface area (Å²) in [5.74, 6) is -0.913. The standard InChI is InChI=1S/C12H13F3N2O4/c1-2-21-11(18)9(16)6-7-8(12(13,14)15)4-3-5-10(7)17(19)20/h3-5,9H,2,6,16H2,1H3. The van der Waals surface area contributed by atoms with Crippen LogP contribution in [0.4, 0.5) is 18.9 Å². The number of nitro groups is 1. The third-order valence-corrected chi connectivity index (χ3v) is 2.67. The van der Waals surface area contributed by atoms with Gasteiger partial charge in [-0.2, -0.15) is 13.2 Å². The van der Waals surface area contributed by atoms with E-state index < -0.39 is 46.3 Å². The fraction of sp³-hybridized carbons (Fsp3) is 0.417. The summed E-state index contributed by atoms with van der Waals surface area (Å²) in [4.78, 5) is 21.3. The number of nitrogens with zero attached hydrogens (tertiary/aromatic N) is 1. The molecule has 0 saturated carbocycles. The number of benzene rings is 1. The van der Waals surface area contributed by atoms with E-state index in [2.05, 4.69) is 4.74 Å². The number of carbonyl (C=O) groups excluding carboxylic acids is 1. The van der Waals surface area contributed by atoms with E-state index in [-0.39, 0.29) is 6.61 Å². The number of nitrogens with two attached hydrogens (primary N) is 1. The highest BCUT2D eigenvalue weighted by atomic mass is 19.4. The number of nitro benzene ring substituents is 1. The average Bonchev–Trinajstić information content (AvgIpc) is 2.37. The summed E-state index contributed by atoms with van der Waals surface area (Å²) in [7, 11) is 0. The third kappa shape index (κ3) is 4.15. The Morgan fingerprint density at radius 3 is 2.57 bits per heavy atom. The zero-order chi connectivity index (χ0) is 16.2. The summed E-state index contributed by atoms with van der Waals surface area (Å²) < 4.78 is 43.3. The van der Waals surface area contributed by atoms with Crippen LogP contribution >= 0.6 is 0 Å². The number of rotatable bonds is 5. The summed E-state index contributed by atoms with van der Waals surface area (Å²) >= 11 is 0. The maximum atomic E-state index is 12.9. The van der Waals surface area contributed by atoms with Crippen molar-refractivity contribution in [1.82, 2.24) is 0 Å². The van der Waals surface area contributed by atoms with Crippen LogP contribution in [0, 0.1) is 10.1 Å². The van der Waals surface area contributed by atoms with E-state index in [0.29, 0.717) is 6.07 Å². The zero-order valence-electron chi connectivity index (χ0n) is 11.0. The van der Waals surface area contributed by atoms with E-state index in [1.807, 2.05) is 0 Å². The van der Waals surface area contributed by atoms with Gasteiger partial charge in [0.25, 0.3) is 5.69 Å². The van der Waals surface area contributed by atoms with Gasteiger partial charge in [0.05, 0.1) is 17.1 Å². The maximum absolute atomic E-state index is 12.9. The normalized spacial score (nSPS) is 12.8. The highest BCUT2D eigenvalue weighted by molar-refractivity contribution is 5.76. The van der Waals surface area contributed by atoms with Crippen molar-refractivity contribution in [1.29, 1.82) is 0 Å². The van der Waals surface area contributed by atoms with Crippen molar-refractivity contribution < 1.29 is 27.6 Å². The van der Waals surface area contributed by atoms with E-state index in [1.54, 1.807) is 0 Å². The number of ether oxygens (including phenoxy) is 1. The quantitative estimate of drug-likeness (QED) is 0.510. The molecule has 21 heavy (non-hydrogen) atoms. The third-order valence-electron chi connectivity index (χ3n) is 2.67. The minimum atomic E-state index is -4.78. The number of hydrogen-bond donors (Lipinski definition) is 1. The van der Waals surface area contributed by atoms with Crippen molar-refractivity contribution >= 4 is 11.7 Å². The molecule has 0 amide bonds. The van der Waals surface area contributed by atoms with Crippen LogP contribution in [-0.4, -0.2) is 23.5 Å². The second-order valence-electron chi connectivity index (χ2n) is 4.12. The summed E-state index contributed by atoms with van der Waals surface area (Å²) in [6.07, 6.45) is -5.42. The maximum Gasteiger partial charge on any atom is 0.416 e. The van der Waals surface area contributed by atoms with Crippen LogP contribution in [-0.2, 0) is 22.1 Å². The fourth-order valence-corrected chi connectivity index (χ4v) is 1.78. The van der Waals surface area contributed by atoms with Crippen molar-refractivity contribution in [3.05, 3.63) is 39.4 Å². The molecule has 0 aliphatic heterocycles. The number of halogens is 3. The number of alkyl halides is 3. The molecule has 0 aromatic heterocycles. The predicted molar refractivity (Wildman–Crippen MR) is 66.4 cm³/mol. The van der Waals surface area contributed by atoms with Gasteiger partial charge in [-0.15, -0.1) is 0 Å². The predicted octanol–water partition coefficient (Wildman–Crippen LogP) is 2.05. The van der Waals surface area contributed by atoms with Gasteiger partial charge in [0.15, 0.2) is 0 Å². The fourth-order valence-electron chi connectivity index (χ4n) is 1.78. The Labute approximate surface area is 117 Å². The molecule has 1 unspecified atom stereocenters. The Morgan fingerprint density at radius 2 is 2.10 bits per heavy atom. The molecule has 1 aromatic rings. The van der Waals surface area contributed by atoms with E-state index in [1.165, 1.54) is 6.92 Å².